The molecule has 4 rings (SSSR count). The van der Waals surface area contributed by atoms with E-state index in [1.807, 2.05) is 13.8 Å². The Hall–Kier alpha value is -1.00. The molecule has 0 saturated heterocycles. The Kier molecular flexibility index (Phi) is 3.96. The van der Waals surface area contributed by atoms with E-state index in [0.29, 0.717) is 11.5 Å². The van der Waals surface area contributed by atoms with Gasteiger partial charge >= 0.3 is 0 Å². The summed E-state index contributed by atoms with van der Waals surface area (Å²) in [5, 5.41) is 21.4. The molecule has 0 aliphatic heterocycles. The second-order valence-corrected chi connectivity index (χ2v) is 11.3. The molecule has 1 spiro atoms. The van der Waals surface area contributed by atoms with Gasteiger partial charge in [0.2, 0.25) is 0 Å². The third-order valence-corrected chi connectivity index (χ3v) is 8.31. The van der Waals surface area contributed by atoms with Crippen molar-refractivity contribution >= 4 is 31.9 Å². The lowest BCUT2D eigenvalue weighted by atomic mass is 9.72. The summed E-state index contributed by atoms with van der Waals surface area (Å²) in [6.07, 6.45) is 1.91. The van der Waals surface area contributed by atoms with Gasteiger partial charge in [0.1, 0.15) is 11.5 Å². The summed E-state index contributed by atoms with van der Waals surface area (Å²) in [6.45, 7) is 13.1. The second kappa shape index (κ2) is 5.54. The van der Waals surface area contributed by atoms with Crippen molar-refractivity contribution in [2.45, 2.75) is 70.6 Å². The summed E-state index contributed by atoms with van der Waals surface area (Å²) < 4.78 is 1.61. The van der Waals surface area contributed by atoms with Gasteiger partial charge in [-0.3, -0.25) is 0 Å². The smallest absolute Gasteiger partial charge is 0.132 e. The SMILES string of the molecule is Cc1cc2c(c(Br)c1O)C1(CC2(C)C)CC(C)(C)c2cc(C)c(O)c(Br)c21. The predicted octanol–water partition coefficient (Wildman–Crippen LogP) is 6.89. The Bertz CT molecular complexity index is 921. The van der Waals surface area contributed by atoms with Crippen molar-refractivity contribution < 1.29 is 10.2 Å². The summed E-state index contributed by atoms with van der Waals surface area (Å²) in [4.78, 5) is 0. The molecule has 0 atom stereocenters. The average Bonchev–Trinajstić information content (AvgIpc) is 2.89. The summed E-state index contributed by atoms with van der Waals surface area (Å²) in [7, 11) is 0. The highest BCUT2D eigenvalue weighted by Crippen LogP contribution is 2.67. The zero-order chi connectivity index (χ0) is 20.1. The van der Waals surface area contributed by atoms with E-state index in [4.69, 9.17) is 0 Å². The fourth-order valence-electron chi connectivity index (χ4n) is 5.78. The minimum Gasteiger partial charge on any atom is -0.506 e. The number of benzene rings is 2. The van der Waals surface area contributed by atoms with Crippen molar-refractivity contribution in [1.82, 2.24) is 0 Å². The lowest BCUT2D eigenvalue weighted by Crippen LogP contribution is -2.27. The lowest BCUT2D eigenvalue weighted by molar-refractivity contribution is 0.347. The highest BCUT2D eigenvalue weighted by atomic mass is 79.9. The Balaban J connectivity index is 2.16. The average molecular weight is 494 g/mol. The van der Waals surface area contributed by atoms with E-state index in [-0.39, 0.29) is 16.2 Å². The largest absolute Gasteiger partial charge is 0.506 e. The van der Waals surface area contributed by atoms with Gasteiger partial charge in [-0.1, -0.05) is 39.8 Å². The summed E-state index contributed by atoms with van der Waals surface area (Å²) in [6, 6.07) is 4.30. The van der Waals surface area contributed by atoms with Gasteiger partial charge in [-0.05, 0) is 103 Å². The molecule has 2 aliphatic rings. The normalized spacial score (nSPS) is 20.7. The van der Waals surface area contributed by atoms with E-state index in [9.17, 15) is 10.2 Å². The lowest BCUT2D eigenvalue weighted by Gasteiger charge is -2.32. The van der Waals surface area contributed by atoms with Crippen LogP contribution in [0.3, 0.4) is 0 Å². The van der Waals surface area contributed by atoms with E-state index in [1.165, 1.54) is 22.3 Å². The zero-order valence-corrected chi connectivity index (χ0v) is 19.9. The molecule has 2 nitrogen and oxygen atoms in total. The Morgan fingerprint density at radius 3 is 1.41 bits per heavy atom. The monoisotopic (exact) mass is 492 g/mol. The molecule has 2 N–H and O–H groups in total. The molecule has 2 aliphatic carbocycles. The number of fused-ring (bicyclic) bond motifs is 4. The quantitative estimate of drug-likeness (QED) is 0.419. The molecule has 0 amide bonds. The van der Waals surface area contributed by atoms with Crippen molar-refractivity contribution in [1.29, 1.82) is 0 Å². The van der Waals surface area contributed by atoms with Crippen LogP contribution in [0, 0.1) is 13.8 Å². The molecule has 0 heterocycles. The third kappa shape index (κ3) is 2.35. The summed E-state index contributed by atoms with van der Waals surface area (Å²) in [5.41, 5.74) is 6.47. The van der Waals surface area contributed by atoms with Gasteiger partial charge in [-0.2, -0.15) is 0 Å². The van der Waals surface area contributed by atoms with E-state index in [2.05, 4.69) is 71.7 Å². The van der Waals surface area contributed by atoms with Crippen molar-refractivity contribution in [3.05, 3.63) is 54.5 Å². The van der Waals surface area contributed by atoms with Crippen molar-refractivity contribution in [3.63, 3.8) is 0 Å². The Morgan fingerprint density at radius 2 is 1.07 bits per heavy atom. The van der Waals surface area contributed by atoms with Crippen LogP contribution in [0.1, 0.15) is 73.9 Å². The fraction of sp³-hybridized carbons (Fsp3) is 0.478. The molecule has 0 saturated carbocycles. The van der Waals surface area contributed by atoms with Gasteiger partial charge in [0, 0.05) is 5.41 Å². The minimum absolute atomic E-state index is 0.0199. The molecule has 0 radical (unpaired) electrons. The number of halogens is 2. The Morgan fingerprint density at radius 1 is 0.741 bits per heavy atom. The number of hydrogen-bond donors (Lipinski definition) is 2. The van der Waals surface area contributed by atoms with Crippen molar-refractivity contribution in [2.75, 3.05) is 0 Å². The molecular formula is C23H26Br2O2. The molecule has 27 heavy (non-hydrogen) atoms. The van der Waals surface area contributed by atoms with Gasteiger partial charge in [-0.25, -0.2) is 0 Å². The summed E-state index contributed by atoms with van der Waals surface area (Å²) in [5.74, 6) is 0.647. The van der Waals surface area contributed by atoms with Crippen LogP contribution in [-0.2, 0) is 16.2 Å². The molecule has 0 unspecified atom stereocenters. The van der Waals surface area contributed by atoms with Crippen LogP contribution in [0.4, 0.5) is 0 Å². The van der Waals surface area contributed by atoms with Gasteiger partial charge < -0.3 is 10.2 Å². The van der Waals surface area contributed by atoms with Crippen LogP contribution >= 0.6 is 31.9 Å². The topological polar surface area (TPSA) is 40.5 Å². The summed E-state index contributed by atoms with van der Waals surface area (Å²) >= 11 is 7.48. The number of hydrogen-bond acceptors (Lipinski definition) is 2. The van der Waals surface area contributed by atoms with Crippen LogP contribution in [0.25, 0.3) is 0 Å². The molecular weight excluding hydrogens is 468 g/mol. The molecule has 144 valence electrons. The van der Waals surface area contributed by atoms with Crippen molar-refractivity contribution in [3.8, 4) is 11.5 Å². The van der Waals surface area contributed by atoms with E-state index >= 15 is 0 Å². The molecule has 0 aromatic heterocycles. The number of rotatable bonds is 0. The second-order valence-electron chi connectivity index (χ2n) is 9.76. The number of aromatic hydroxyl groups is 2. The Labute approximate surface area is 178 Å². The number of aryl methyl sites for hydroxylation is 2. The number of phenolic OH excluding ortho intramolecular Hbond substituents is 2. The maximum absolute atomic E-state index is 10.7. The van der Waals surface area contributed by atoms with Crippen LogP contribution in [-0.4, -0.2) is 10.2 Å². The predicted molar refractivity (Wildman–Crippen MR) is 117 cm³/mol. The highest BCUT2D eigenvalue weighted by molar-refractivity contribution is 9.11. The van der Waals surface area contributed by atoms with E-state index < -0.39 is 0 Å². The molecule has 2 aromatic rings. The van der Waals surface area contributed by atoms with E-state index in [0.717, 1.165) is 32.9 Å². The van der Waals surface area contributed by atoms with Gasteiger partial charge in [0.15, 0.2) is 0 Å². The van der Waals surface area contributed by atoms with Crippen molar-refractivity contribution in [2.24, 2.45) is 0 Å². The van der Waals surface area contributed by atoms with Gasteiger partial charge in [0.25, 0.3) is 0 Å². The standard InChI is InChI=1S/C23H26Br2O2/c1-11-7-13-15(17(24)19(11)26)23(9-21(13,3)4)10-22(5,6)14-8-12(2)20(27)18(25)16(14)23/h7-8,26-27H,9-10H2,1-6H3. The van der Waals surface area contributed by atoms with Crippen LogP contribution in [0.15, 0.2) is 21.1 Å². The van der Waals surface area contributed by atoms with Crippen LogP contribution in [0.5, 0.6) is 11.5 Å². The molecule has 2 aromatic carbocycles. The van der Waals surface area contributed by atoms with E-state index in [1.54, 1.807) is 0 Å². The maximum Gasteiger partial charge on any atom is 0.132 e. The maximum atomic E-state index is 10.7. The first-order valence-electron chi connectivity index (χ1n) is 9.39. The zero-order valence-electron chi connectivity index (χ0n) is 16.7. The van der Waals surface area contributed by atoms with Gasteiger partial charge in [0.05, 0.1) is 8.95 Å². The molecule has 0 bridgehead atoms. The fourth-order valence-corrected chi connectivity index (χ4v) is 7.59. The van der Waals surface area contributed by atoms with Crippen LogP contribution in [0.2, 0.25) is 0 Å². The molecule has 4 heteroatoms. The van der Waals surface area contributed by atoms with Crippen LogP contribution < -0.4 is 0 Å². The first-order valence-corrected chi connectivity index (χ1v) is 11.0. The first-order chi connectivity index (χ1) is 12.3. The van der Waals surface area contributed by atoms with Gasteiger partial charge in [-0.15, -0.1) is 0 Å². The first kappa shape index (κ1) is 19.3. The molecule has 0 fully saturated rings. The number of phenols is 2. The third-order valence-electron chi connectivity index (χ3n) is 6.76. The minimum atomic E-state index is -0.244. The highest BCUT2D eigenvalue weighted by Gasteiger charge is 2.58.